The van der Waals surface area contributed by atoms with Crippen LogP contribution < -0.4 is 11.3 Å². The van der Waals surface area contributed by atoms with Crippen LogP contribution in [0.5, 0.6) is 0 Å². The van der Waals surface area contributed by atoms with Crippen molar-refractivity contribution in [3.8, 4) is 11.4 Å². The Labute approximate surface area is 183 Å². The molecule has 0 fully saturated rings. The van der Waals surface area contributed by atoms with E-state index in [1.165, 1.54) is 0 Å². The molecule has 2 aliphatic heterocycles. The molecule has 3 N–H and O–H groups in total. The van der Waals surface area contributed by atoms with Crippen LogP contribution in [-0.4, -0.2) is 20.6 Å². The molecule has 0 radical (unpaired) electrons. The van der Waals surface area contributed by atoms with Crippen molar-refractivity contribution in [3.05, 3.63) is 75.1 Å². The van der Waals surface area contributed by atoms with Gasteiger partial charge in [0.25, 0.3) is 5.56 Å². The molecule has 0 unspecified atom stereocenters. The van der Waals surface area contributed by atoms with Crippen molar-refractivity contribution in [1.82, 2.24) is 9.55 Å². The van der Waals surface area contributed by atoms with E-state index in [1.807, 2.05) is 30.3 Å². The van der Waals surface area contributed by atoms with Crippen LogP contribution in [-0.2, 0) is 34.8 Å². The highest BCUT2D eigenvalue weighted by molar-refractivity contribution is 6.07. The molecule has 0 aliphatic carbocycles. The van der Waals surface area contributed by atoms with Gasteiger partial charge in [0.05, 0.1) is 29.0 Å². The number of pyridine rings is 2. The number of carbonyl (C=O) groups is 1. The zero-order chi connectivity index (χ0) is 22.2. The molecule has 2 aromatic heterocycles. The second-order valence-corrected chi connectivity index (χ2v) is 8.41. The molecule has 0 bridgehead atoms. The first-order valence-electron chi connectivity index (χ1n) is 10.7. The van der Waals surface area contributed by atoms with Crippen molar-refractivity contribution >= 4 is 27.6 Å². The van der Waals surface area contributed by atoms with Crippen molar-refractivity contribution < 1.29 is 14.6 Å². The number of rotatable bonds is 2. The normalized spacial score (nSPS) is 19.0. The first-order chi connectivity index (χ1) is 15.5. The number of hydrogen-bond donors (Lipinski definition) is 2. The molecule has 7 heteroatoms. The zero-order valence-electron chi connectivity index (χ0n) is 17.5. The fourth-order valence-electron chi connectivity index (χ4n) is 5.13. The van der Waals surface area contributed by atoms with Gasteiger partial charge >= 0.3 is 5.97 Å². The van der Waals surface area contributed by atoms with E-state index in [0.29, 0.717) is 35.6 Å². The van der Waals surface area contributed by atoms with Crippen molar-refractivity contribution in [1.29, 1.82) is 0 Å². The summed E-state index contributed by atoms with van der Waals surface area (Å²) in [6.07, 6.45) is 0.110. The molecule has 0 amide bonds. The van der Waals surface area contributed by atoms with E-state index >= 15 is 0 Å². The SMILES string of the molecule is CC[C@@]1(O)C(=O)OCc2c1cc1n(c2=O)Cc2c-1nc1c(ccc3ccccc31)c2CN. The number of hydrogen-bond acceptors (Lipinski definition) is 6. The smallest absolute Gasteiger partial charge is 0.343 e. The summed E-state index contributed by atoms with van der Waals surface area (Å²) >= 11 is 0. The lowest BCUT2D eigenvalue weighted by Crippen LogP contribution is -2.44. The van der Waals surface area contributed by atoms with Crippen LogP contribution in [0, 0.1) is 0 Å². The summed E-state index contributed by atoms with van der Waals surface area (Å²) in [4.78, 5) is 30.8. The Morgan fingerprint density at radius 3 is 2.75 bits per heavy atom. The molecular formula is C25H21N3O4. The van der Waals surface area contributed by atoms with Gasteiger partial charge in [-0.15, -0.1) is 0 Å². The molecule has 160 valence electrons. The highest BCUT2D eigenvalue weighted by Gasteiger charge is 2.45. The third kappa shape index (κ3) is 2.29. The molecule has 1 atom stereocenters. The number of esters is 1. The van der Waals surface area contributed by atoms with Crippen LogP contribution in [0.25, 0.3) is 33.1 Å². The minimum atomic E-state index is -1.84. The number of aromatic nitrogens is 2. The van der Waals surface area contributed by atoms with Gasteiger partial charge in [-0.3, -0.25) is 4.79 Å². The minimum absolute atomic E-state index is 0.110. The van der Waals surface area contributed by atoms with Crippen LogP contribution in [0.2, 0.25) is 0 Å². The van der Waals surface area contributed by atoms with Gasteiger partial charge in [-0.2, -0.15) is 0 Å². The van der Waals surface area contributed by atoms with E-state index in [-0.39, 0.29) is 18.6 Å². The third-order valence-electron chi connectivity index (χ3n) is 6.91. The molecule has 2 aliphatic rings. The van der Waals surface area contributed by atoms with E-state index < -0.39 is 11.6 Å². The summed E-state index contributed by atoms with van der Waals surface area (Å²) in [6, 6.07) is 13.8. The minimum Gasteiger partial charge on any atom is -0.458 e. The molecule has 4 aromatic rings. The van der Waals surface area contributed by atoms with Crippen LogP contribution in [0.1, 0.15) is 35.6 Å². The summed E-state index contributed by atoms with van der Waals surface area (Å²) < 4.78 is 6.79. The summed E-state index contributed by atoms with van der Waals surface area (Å²) in [5, 5.41) is 14.1. The lowest BCUT2D eigenvalue weighted by Gasteiger charge is -2.31. The molecule has 0 spiro atoms. The average molecular weight is 427 g/mol. The topological polar surface area (TPSA) is 107 Å². The van der Waals surface area contributed by atoms with E-state index in [0.717, 1.165) is 32.8 Å². The summed E-state index contributed by atoms with van der Waals surface area (Å²) in [5.74, 6) is -0.727. The van der Waals surface area contributed by atoms with Gasteiger partial charge in [-0.05, 0) is 23.4 Å². The largest absolute Gasteiger partial charge is 0.458 e. The maximum absolute atomic E-state index is 13.4. The van der Waals surface area contributed by atoms with Gasteiger partial charge in [-0.25, -0.2) is 9.78 Å². The molecule has 32 heavy (non-hydrogen) atoms. The summed E-state index contributed by atoms with van der Waals surface area (Å²) in [5.41, 5.74) is 8.66. The highest BCUT2D eigenvalue weighted by Crippen LogP contribution is 2.41. The Morgan fingerprint density at radius 1 is 1.16 bits per heavy atom. The van der Waals surface area contributed by atoms with Gasteiger partial charge in [0.2, 0.25) is 0 Å². The molecule has 4 heterocycles. The molecule has 6 rings (SSSR count). The number of nitrogens with two attached hydrogens (primary N) is 1. The third-order valence-corrected chi connectivity index (χ3v) is 6.91. The Bertz CT molecular complexity index is 1540. The second-order valence-electron chi connectivity index (χ2n) is 8.41. The van der Waals surface area contributed by atoms with E-state index in [9.17, 15) is 14.7 Å². The van der Waals surface area contributed by atoms with Crippen molar-refractivity contribution in [3.63, 3.8) is 0 Å². The second kappa shape index (κ2) is 6.48. The predicted molar refractivity (Wildman–Crippen MR) is 120 cm³/mol. The van der Waals surface area contributed by atoms with Gasteiger partial charge < -0.3 is 20.1 Å². The molecule has 7 nitrogen and oxygen atoms in total. The van der Waals surface area contributed by atoms with Gasteiger partial charge in [0, 0.05) is 28.4 Å². The van der Waals surface area contributed by atoms with Gasteiger partial charge in [0.15, 0.2) is 5.60 Å². The monoisotopic (exact) mass is 427 g/mol. The standard InChI is InChI=1S/C25H21N3O4/c1-2-25(31)19-9-20-22-17(11-28(20)23(29)18(19)12-32-24(25)30)16(10-26)15-8-7-13-5-3-4-6-14(13)21(15)27-22/h3-9,31H,2,10-12,26H2,1H3/t25-/m0/s1. The number of benzene rings is 2. The molecule has 0 saturated carbocycles. The maximum Gasteiger partial charge on any atom is 0.343 e. The van der Waals surface area contributed by atoms with Gasteiger partial charge in [-0.1, -0.05) is 43.3 Å². The Kier molecular flexibility index (Phi) is 3.88. The van der Waals surface area contributed by atoms with E-state index in [1.54, 1.807) is 17.6 Å². The number of carbonyl (C=O) groups excluding carboxylic acids is 1. The van der Waals surface area contributed by atoms with Crippen molar-refractivity contribution in [2.45, 2.75) is 38.6 Å². The van der Waals surface area contributed by atoms with Crippen LogP contribution in [0.3, 0.4) is 0 Å². The predicted octanol–water partition coefficient (Wildman–Crippen LogP) is 2.69. The Balaban J connectivity index is 1.71. The van der Waals surface area contributed by atoms with Crippen LogP contribution in [0.15, 0.2) is 47.3 Å². The first-order valence-corrected chi connectivity index (χ1v) is 10.7. The quantitative estimate of drug-likeness (QED) is 0.331. The van der Waals surface area contributed by atoms with E-state index in [4.69, 9.17) is 15.5 Å². The molecular weight excluding hydrogens is 406 g/mol. The van der Waals surface area contributed by atoms with Crippen molar-refractivity contribution in [2.75, 3.05) is 0 Å². The summed E-state index contributed by atoms with van der Waals surface area (Å²) in [6.45, 7) is 2.20. The average Bonchev–Trinajstić information content (AvgIpc) is 3.19. The number of fused-ring (bicyclic) bond motifs is 7. The fourth-order valence-corrected chi connectivity index (χ4v) is 5.13. The van der Waals surface area contributed by atoms with Crippen molar-refractivity contribution in [2.24, 2.45) is 5.73 Å². The molecule has 2 aromatic carbocycles. The lowest BCUT2D eigenvalue weighted by atomic mass is 9.86. The first kappa shape index (κ1) is 19.2. The maximum atomic E-state index is 13.4. The molecule has 0 saturated heterocycles. The van der Waals surface area contributed by atoms with Crippen LogP contribution in [0.4, 0.5) is 0 Å². The zero-order valence-corrected chi connectivity index (χ0v) is 17.5. The van der Waals surface area contributed by atoms with E-state index in [2.05, 4.69) is 6.07 Å². The number of aliphatic hydroxyl groups is 1. The van der Waals surface area contributed by atoms with Gasteiger partial charge in [0.1, 0.15) is 6.61 Å². The Hall–Kier alpha value is -3.55. The number of ether oxygens (including phenoxy) is 1. The number of cyclic esters (lactones) is 1. The van der Waals surface area contributed by atoms with Crippen LogP contribution >= 0.6 is 0 Å². The Morgan fingerprint density at radius 2 is 1.97 bits per heavy atom. The lowest BCUT2D eigenvalue weighted by molar-refractivity contribution is -0.172. The fraction of sp³-hybridized carbons (Fsp3) is 0.240. The number of nitrogens with zero attached hydrogens (tertiary/aromatic N) is 2. The highest BCUT2D eigenvalue weighted by atomic mass is 16.6. The summed E-state index contributed by atoms with van der Waals surface area (Å²) in [7, 11) is 0.